The lowest BCUT2D eigenvalue weighted by Gasteiger charge is -2.47. The first-order valence-electron chi connectivity index (χ1n) is 12.8. The molecular weight excluding hydrogens is 354 g/mol. The van der Waals surface area contributed by atoms with E-state index in [4.69, 9.17) is 0 Å². The third-order valence-electron chi connectivity index (χ3n) is 10.3. The molecular formula is C26H53N3. The van der Waals surface area contributed by atoms with Gasteiger partial charge in [-0.2, -0.15) is 0 Å². The Morgan fingerprint density at radius 2 is 0.586 bits per heavy atom. The van der Waals surface area contributed by atoms with Gasteiger partial charge < -0.3 is 16.0 Å². The van der Waals surface area contributed by atoms with Gasteiger partial charge in [0.2, 0.25) is 0 Å². The van der Waals surface area contributed by atoms with Crippen molar-refractivity contribution in [3.8, 4) is 0 Å². The second-order valence-corrected chi connectivity index (χ2v) is 11.3. The molecule has 0 spiro atoms. The smallest absolute Gasteiger partial charge is 0.0124 e. The van der Waals surface area contributed by atoms with E-state index in [1.807, 2.05) is 0 Å². The SMILES string of the molecule is CC1[C@@H](C)[C@@H](C)C(NCCNCCNC2[C@@H](C)[C@@H](C)C(C)[C@H](C)[C@@H]2C)[C@H](C)[C@@H]1C. The molecule has 172 valence electrons. The first-order chi connectivity index (χ1) is 13.6. The minimum atomic E-state index is 0.657. The van der Waals surface area contributed by atoms with E-state index < -0.39 is 0 Å². The van der Waals surface area contributed by atoms with Crippen molar-refractivity contribution < 1.29 is 0 Å². The van der Waals surface area contributed by atoms with E-state index in [0.717, 1.165) is 85.4 Å². The van der Waals surface area contributed by atoms with Gasteiger partial charge in [-0.3, -0.25) is 0 Å². The summed E-state index contributed by atoms with van der Waals surface area (Å²) in [4.78, 5) is 0. The van der Waals surface area contributed by atoms with E-state index in [1.165, 1.54) is 0 Å². The maximum absolute atomic E-state index is 3.89. The van der Waals surface area contributed by atoms with Gasteiger partial charge in [0.1, 0.15) is 0 Å². The molecule has 0 heterocycles. The molecule has 0 radical (unpaired) electrons. The summed E-state index contributed by atoms with van der Waals surface area (Å²) in [6.45, 7) is 28.8. The van der Waals surface area contributed by atoms with E-state index in [2.05, 4.69) is 85.2 Å². The summed E-state index contributed by atoms with van der Waals surface area (Å²) in [6, 6.07) is 1.31. The Labute approximate surface area is 183 Å². The summed E-state index contributed by atoms with van der Waals surface area (Å²) in [5.74, 6) is 7.95. The topological polar surface area (TPSA) is 36.1 Å². The fraction of sp³-hybridized carbons (Fsp3) is 1.00. The molecule has 3 nitrogen and oxygen atoms in total. The highest BCUT2D eigenvalue weighted by Crippen LogP contribution is 2.42. The van der Waals surface area contributed by atoms with Gasteiger partial charge in [0, 0.05) is 38.3 Å². The molecule has 0 aliphatic heterocycles. The van der Waals surface area contributed by atoms with Crippen molar-refractivity contribution in [1.82, 2.24) is 16.0 Å². The predicted molar refractivity (Wildman–Crippen MR) is 128 cm³/mol. The number of hydrogen-bond acceptors (Lipinski definition) is 3. The third kappa shape index (κ3) is 5.57. The summed E-state index contributed by atoms with van der Waals surface area (Å²) < 4.78 is 0. The number of rotatable bonds is 8. The Hall–Kier alpha value is -0.120. The largest absolute Gasteiger partial charge is 0.314 e. The molecule has 0 aromatic heterocycles. The highest BCUT2D eigenvalue weighted by molar-refractivity contribution is 4.94. The lowest BCUT2D eigenvalue weighted by Crippen LogP contribution is -2.53. The van der Waals surface area contributed by atoms with E-state index >= 15 is 0 Å². The molecule has 29 heavy (non-hydrogen) atoms. The van der Waals surface area contributed by atoms with Crippen molar-refractivity contribution in [3.63, 3.8) is 0 Å². The summed E-state index contributed by atoms with van der Waals surface area (Å²) in [7, 11) is 0. The van der Waals surface area contributed by atoms with E-state index in [1.54, 1.807) is 0 Å². The van der Waals surface area contributed by atoms with Crippen LogP contribution in [0.15, 0.2) is 0 Å². The Balaban J connectivity index is 1.66. The molecule has 0 aromatic carbocycles. The fourth-order valence-corrected chi connectivity index (χ4v) is 6.66. The minimum Gasteiger partial charge on any atom is -0.314 e. The average Bonchev–Trinajstić information content (AvgIpc) is 2.71. The molecule has 2 aliphatic carbocycles. The molecule has 3 heteroatoms. The van der Waals surface area contributed by atoms with Crippen LogP contribution in [0.25, 0.3) is 0 Å². The molecule has 0 amide bonds. The molecule has 2 rings (SSSR count). The van der Waals surface area contributed by atoms with Crippen LogP contribution in [0.3, 0.4) is 0 Å². The normalized spacial score (nSPS) is 48.6. The quantitative estimate of drug-likeness (QED) is 0.502. The van der Waals surface area contributed by atoms with Gasteiger partial charge in [-0.1, -0.05) is 69.2 Å². The minimum absolute atomic E-state index is 0.657. The zero-order valence-corrected chi connectivity index (χ0v) is 21.3. The van der Waals surface area contributed by atoms with Crippen LogP contribution in [0.2, 0.25) is 0 Å². The van der Waals surface area contributed by atoms with Crippen molar-refractivity contribution in [2.45, 2.75) is 81.3 Å². The van der Waals surface area contributed by atoms with Crippen LogP contribution < -0.4 is 16.0 Å². The van der Waals surface area contributed by atoms with Crippen molar-refractivity contribution >= 4 is 0 Å². The molecule has 2 fully saturated rings. The van der Waals surface area contributed by atoms with Crippen molar-refractivity contribution in [2.24, 2.45) is 59.2 Å². The number of nitrogens with one attached hydrogen (secondary N) is 3. The number of hydrogen-bond donors (Lipinski definition) is 3. The third-order valence-corrected chi connectivity index (χ3v) is 10.3. The summed E-state index contributed by atoms with van der Waals surface area (Å²) in [5, 5.41) is 11.4. The van der Waals surface area contributed by atoms with Crippen LogP contribution in [0.1, 0.15) is 69.2 Å². The Bertz CT molecular complexity index is 407. The highest BCUT2D eigenvalue weighted by Gasteiger charge is 2.41. The molecule has 0 saturated heterocycles. The summed E-state index contributed by atoms with van der Waals surface area (Å²) >= 11 is 0. The van der Waals surface area contributed by atoms with Gasteiger partial charge in [-0.05, 0) is 59.2 Å². The van der Waals surface area contributed by atoms with E-state index in [9.17, 15) is 0 Å². The van der Waals surface area contributed by atoms with Gasteiger partial charge >= 0.3 is 0 Å². The van der Waals surface area contributed by atoms with Crippen LogP contribution in [-0.2, 0) is 0 Å². The summed E-state index contributed by atoms with van der Waals surface area (Å²) in [5.41, 5.74) is 0. The Kier molecular flexibility index (Phi) is 9.50. The summed E-state index contributed by atoms with van der Waals surface area (Å²) in [6.07, 6.45) is 0. The maximum Gasteiger partial charge on any atom is 0.0124 e. The Morgan fingerprint density at radius 3 is 0.862 bits per heavy atom. The van der Waals surface area contributed by atoms with Crippen LogP contribution in [-0.4, -0.2) is 38.3 Å². The van der Waals surface area contributed by atoms with Gasteiger partial charge in [0.05, 0.1) is 0 Å². The zero-order chi connectivity index (χ0) is 21.9. The molecule has 0 aromatic rings. The van der Waals surface area contributed by atoms with Gasteiger partial charge in [0.25, 0.3) is 0 Å². The van der Waals surface area contributed by atoms with Crippen molar-refractivity contribution in [3.05, 3.63) is 0 Å². The Morgan fingerprint density at radius 1 is 0.345 bits per heavy atom. The van der Waals surface area contributed by atoms with Gasteiger partial charge in [-0.15, -0.1) is 0 Å². The van der Waals surface area contributed by atoms with Crippen LogP contribution >= 0.6 is 0 Å². The first-order valence-corrected chi connectivity index (χ1v) is 12.8. The molecule has 3 N–H and O–H groups in total. The lowest BCUT2D eigenvalue weighted by atomic mass is 9.62. The maximum atomic E-state index is 3.89. The van der Waals surface area contributed by atoms with E-state index in [0.29, 0.717) is 12.1 Å². The van der Waals surface area contributed by atoms with Crippen molar-refractivity contribution in [1.29, 1.82) is 0 Å². The molecule has 8 atom stereocenters. The molecule has 0 unspecified atom stereocenters. The van der Waals surface area contributed by atoms with Gasteiger partial charge in [0.15, 0.2) is 0 Å². The fourth-order valence-electron chi connectivity index (χ4n) is 6.66. The average molecular weight is 408 g/mol. The second kappa shape index (κ2) is 11.0. The zero-order valence-electron chi connectivity index (χ0n) is 21.3. The standard InChI is InChI=1S/C26H53N3/c1-15-17(3)21(7)25(22(8)18(15)4)28-13-11-27-12-14-29-26-23(9)19(5)16(2)20(6)24(26)10/h15-29H,11-14H2,1-10H3/t15?,16?,17-,18-,19+,20+,21-,22-,23+,24+,25?,26?. The van der Waals surface area contributed by atoms with Gasteiger partial charge in [-0.25, -0.2) is 0 Å². The monoisotopic (exact) mass is 407 g/mol. The van der Waals surface area contributed by atoms with Crippen LogP contribution in [0.4, 0.5) is 0 Å². The van der Waals surface area contributed by atoms with E-state index in [-0.39, 0.29) is 0 Å². The van der Waals surface area contributed by atoms with Crippen LogP contribution in [0.5, 0.6) is 0 Å². The van der Waals surface area contributed by atoms with Crippen LogP contribution in [0, 0.1) is 59.2 Å². The molecule has 2 saturated carbocycles. The second-order valence-electron chi connectivity index (χ2n) is 11.3. The molecule has 0 bridgehead atoms. The lowest BCUT2D eigenvalue weighted by molar-refractivity contribution is 0.0444. The highest BCUT2D eigenvalue weighted by atomic mass is 15.0. The predicted octanol–water partition coefficient (Wildman–Crippen LogP) is 4.88. The van der Waals surface area contributed by atoms with Crippen molar-refractivity contribution in [2.75, 3.05) is 26.2 Å². The first kappa shape index (κ1) is 25.1. The molecule has 2 aliphatic rings.